The Kier molecular flexibility index (Phi) is 6.07. The minimum absolute atomic E-state index is 0.0401. The summed E-state index contributed by atoms with van der Waals surface area (Å²) in [6, 6.07) is -0.547. The van der Waals surface area contributed by atoms with Crippen molar-refractivity contribution >= 4 is 17.7 Å². The Hall–Kier alpha value is -1.14. The van der Waals surface area contributed by atoms with Crippen molar-refractivity contribution in [1.29, 1.82) is 0 Å². The van der Waals surface area contributed by atoms with Crippen LogP contribution in [-0.4, -0.2) is 32.8 Å². The predicted molar refractivity (Wildman–Crippen MR) is 71.5 cm³/mol. The second kappa shape index (κ2) is 7.33. The summed E-state index contributed by atoms with van der Waals surface area (Å²) in [5, 5.41) is 12.8. The maximum Gasteiger partial charge on any atom is 0.320 e. The fraction of sp³-hybridized carbons (Fsp3) is 0.583. The van der Waals surface area contributed by atoms with Crippen LogP contribution in [0, 0.1) is 5.92 Å². The summed E-state index contributed by atoms with van der Waals surface area (Å²) in [5.41, 5.74) is 0.891. The summed E-state index contributed by atoms with van der Waals surface area (Å²) < 4.78 is 0. The number of hydrogen-bond acceptors (Lipinski definition) is 5. The summed E-state index contributed by atoms with van der Waals surface area (Å²) in [7, 11) is 0. The van der Waals surface area contributed by atoms with Gasteiger partial charge in [0.05, 0.1) is 0 Å². The number of nitrogens with one attached hydrogen (secondary N) is 1. The first-order valence-electron chi connectivity index (χ1n) is 5.94. The normalized spacial score (nSPS) is 12.7. The van der Waals surface area contributed by atoms with E-state index in [-0.39, 0.29) is 5.92 Å². The van der Waals surface area contributed by atoms with Gasteiger partial charge in [-0.05, 0) is 11.7 Å². The van der Waals surface area contributed by atoms with Crippen LogP contribution in [0.1, 0.15) is 26.3 Å². The van der Waals surface area contributed by atoms with Gasteiger partial charge in [-0.25, -0.2) is 9.97 Å². The number of carbonyl (C=O) groups is 1. The quantitative estimate of drug-likeness (QED) is 0.580. The van der Waals surface area contributed by atoms with Crippen molar-refractivity contribution in [2.75, 3.05) is 5.75 Å². The van der Waals surface area contributed by atoms with E-state index in [0.717, 1.165) is 16.5 Å². The first kappa shape index (κ1) is 14.9. The van der Waals surface area contributed by atoms with Crippen LogP contribution in [0.2, 0.25) is 0 Å². The van der Waals surface area contributed by atoms with Gasteiger partial charge >= 0.3 is 5.97 Å². The molecular weight excluding hydrogens is 250 g/mol. The van der Waals surface area contributed by atoms with Crippen molar-refractivity contribution in [2.24, 2.45) is 5.92 Å². The van der Waals surface area contributed by atoms with Gasteiger partial charge in [0.15, 0.2) is 5.16 Å². The van der Waals surface area contributed by atoms with E-state index >= 15 is 0 Å². The average Bonchev–Trinajstić information content (AvgIpc) is 2.31. The fourth-order valence-electron chi connectivity index (χ4n) is 1.47. The number of rotatable bonds is 7. The molecule has 0 saturated carbocycles. The Morgan fingerprint density at radius 3 is 2.50 bits per heavy atom. The van der Waals surface area contributed by atoms with Crippen molar-refractivity contribution in [3.05, 3.63) is 18.0 Å². The van der Waals surface area contributed by atoms with E-state index in [0.29, 0.717) is 6.54 Å². The molecule has 0 saturated heterocycles. The van der Waals surface area contributed by atoms with E-state index in [1.54, 1.807) is 24.2 Å². The van der Waals surface area contributed by atoms with Gasteiger partial charge in [-0.3, -0.25) is 10.1 Å². The van der Waals surface area contributed by atoms with E-state index in [9.17, 15) is 4.79 Å². The Balaban J connectivity index is 2.54. The van der Waals surface area contributed by atoms with Gasteiger partial charge in [-0.15, -0.1) is 0 Å². The highest BCUT2D eigenvalue weighted by Gasteiger charge is 2.20. The zero-order chi connectivity index (χ0) is 13.5. The lowest BCUT2D eigenvalue weighted by Gasteiger charge is -2.17. The molecular formula is C12H19N3O2S. The molecule has 6 heteroatoms. The first-order valence-corrected chi connectivity index (χ1v) is 6.93. The zero-order valence-corrected chi connectivity index (χ0v) is 11.7. The molecule has 1 rings (SSSR count). The summed E-state index contributed by atoms with van der Waals surface area (Å²) in [6.07, 6.45) is 3.47. The molecule has 0 aliphatic heterocycles. The standard InChI is InChI=1S/C12H19N3O2S/c1-4-18-12-14-6-9(7-15-12)5-13-10(8(2)3)11(16)17/h6-8,10,13H,4-5H2,1-3H3,(H,16,17)/t10-/m0/s1. The van der Waals surface area contributed by atoms with Crippen LogP contribution in [0.25, 0.3) is 0 Å². The van der Waals surface area contributed by atoms with Crippen LogP contribution in [0.5, 0.6) is 0 Å². The Labute approximate surface area is 111 Å². The van der Waals surface area contributed by atoms with Crippen molar-refractivity contribution in [2.45, 2.75) is 38.5 Å². The molecule has 1 atom stereocenters. The Morgan fingerprint density at radius 2 is 2.06 bits per heavy atom. The molecule has 0 radical (unpaired) electrons. The summed E-state index contributed by atoms with van der Waals surface area (Å²) in [4.78, 5) is 19.4. The molecule has 0 unspecified atom stereocenters. The van der Waals surface area contributed by atoms with E-state index < -0.39 is 12.0 Å². The topological polar surface area (TPSA) is 75.1 Å². The van der Waals surface area contributed by atoms with Crippen LogP contribution < -0.4 is 5.32 Å². The molecule has 5 nitrogen and oxygen atoms in total. The molecule has 18 heavy (non-hydrogen) atoms. The lowest BCUT2D eigenvalue weighted by Crippen LogP contribution is -2.40. The van der Waals surface area contributed by atoms with Crippen molar-refractivity contribution in [3.8, 4) is 0 Å². The smallest absolute Gasteiger partial charge is 0.320 e. The van der Waals surface area contributed by atoms with Gasteiger partial charge in [-0.2, -0.15) is 0 Å². The molecule has 0 amide bonds. The number of carboxylic acids is 1. The number of aromatic nitrogens is 2. The molecule has 0 bridgehead atoms. The number of carboxylic acid groups (broad SMARTS) is 1. The third-order valence-electron chi connectivity index (χ3n) is 2.41. The molecule has 1 heterocycles. The van der Waals surface area contributed by atoms with Gasteiger partial charge in [0.1, 0.15) is 6.04 Å². The van der Waals surface area contributed by atoms with E-state index in [2.05, 4.69) is 15.3 Å². The Morgan fingerprint density at radius 1 is 1.44 bits per heavy atom. The maximum absolute atomic E-state index is 11.0. The third-order valence-corrected chi connectivity index (χ3v) is 3.17. The van der Waals surface area contributed by atoms with Crippen molar-refractivity contribution in [3.63, 3.8) is 0 Å². The SMILES string of the molecule is CCSc1ncc(CN[C@H](C(=O)O)C(C)C)cn1. The maximum atomic E-state index is 11.0. The molecule has 1 aromatic rings. The Bertz CT molecular complexity index is 381. The monoisotopic (exact) mass is 269 g/mol. The number of hydrogen-bond donors (Lipinski definition) is 2. The molecule has 1 aromatic heterocycles. The largest absolute Gasteiger partial charge is 0.480 e. The number of aliphatic carboxylic acids is 1. The summed E-state index contributed by atoms with van der Waals surface area (Å²) in [6.45, 7) is 6.27. The summed E-state index contributed by atoms with van der Waals surface area (Å²) >= 11 is 1.58. The van der Waals surface area contributed by atoms with Crippen molar-refractivity contribution in [1.82, 2.24) is 15.3 Å². The van der Waals surface area contributed by atoms with E-state index in [1.165, 1.54) is 0 Å². The van der Waals surface area contributed by atoms with Crippen LogP contribution in [-0.2, 0) is 11.3 Å². The lowest BCUT2D eigenvalue weighted by atomic mass is 10.0. The fourth-order valence-corrected chi connectivity index (χ4v) is 1.99. The van der Waals surface area contributed by atoms with Crippen molar-refractivity contribution < 1.29 is 9.90 Å². The lowest BCUT2D eigenvalue weighted by molar-refractivity contribution is -0.140. The van der Waals surface area contributed by atoms with Gasteiger partial charge in [-0.1, -0.05) is 32.5 Å². The van der Waals surface area contributed by atoms with Gasteiger partial charge in [0.25, 0.3) is 0 Å². The van der Waals surface area contributed by atoms with Crippen LogP contribution in [0.4, 0.5) is 0 Å². The minimum atomic E-state index is -0.830. The highest BCUT2D eigenvalue weighted by molar-refractivity contribution is 7.99. The predicted octanol–water partition coefficient (Wildman–Crippen LogP) is 1.79. The zero-order valence-electron chi connectivity index (χ0n) is 10.9. The molecule has 100 valence electrons. The second-order valence-corrected chi connectivity index (χ2v) is 5.48. The van der Waals surface area contributed by atoms with Crippen LogP contribution >= 0.6 is 11.8 Å². The third kappa shape index (κ3) is 4.62. The highest BCUT2D eigenvalue weighted by atomic mass is 32.2. The van der Waals surface area contributed by atoms with Crippen LogP contribution in [0.3, 0.4) is 0 Å². The van der Waals surface area contributed by atoms with Gasteiger partial charge in [0.2, 0.25) is 0 Å². The average molecular weight is 269 g/mol. The molecule has 0 aliphatic rings. The van der Waals surface area contributed by atoms with Crippen LogP contribution in [0.15, 0.2) is 17.6 Å². The van der Waals surface area contributed by atoms with E-state index in [4.69, 9.17) is 5.11 Å². The summed E-state index contributed by atoms with van der Waals surface area (Å²) in [5.74, 6) is 0.147. The molecule has 2 N–H and O–H groups in total. The van der Waals surface area contributed by atoms with Gasteiger partial charge in [0, 0.05) is 24.5 Å². The van der Waals surface area contributed by atoms with E-state index in [1.807, 2.05) is 20.8 Å². The molecule has 0 aromatic carbocycles. The van der Waals surface area contributed by atoms with Gasteiger partial charge < -0.3 is 5.11 Å². The second-order valence-electron chi connectivity index (χ2n) is 4.25. The number of nitrogens with zero attached hydrogens (tertiary/aromatic N) is 2. The highest BCUT2D eigenvalue weighted by Crippen LogP contribution is 2.11. The first-order chi connectivity index (χ1) is 8.54. The molecule has 0 fully saturated rings. The molecule has 0 aliphatic carbocycles. The number of thioether (sulfide) groups is 1. The minimum Gasteiger partial charge on any atom is -0.480 e. The molecule has 0 spiro atoms.